The minimum atomic E-state index is -3.51. The standard InChI is InChI=1S/C20H22Cl2N2O3S/c1-14-11-18(22)8-9-19(14)23-20(25)16-3-2-10-24(12-16)28(26,27)13-15-4-6-17(21)7-5-15/h4-9,11,16H,2-3,10,12-13H2,1H3,(H,23,25)/t16-/m0/s1. The maximum absolute atomic E-state index is 12.8. The number of amides is 1. The molecular weight excluding hydrogens is 419 g/mol. The van der Waals surface area contributed by atoms with Crippen LogP contribution in [-0.2, 0) is 20.6 Å². The van der Waals surface area contributed by atoms with Gasteiger partial charge in [-0.15, -0.1) is 0 Å². The van der Waals surface area contributed by atoms with Crippen LogP contribution < -0.4 is 5.32 Å². The largest absolute Gasteiger partial charge is 0.326 e. The number of aryl methyl sites for hydroxylation is 1. The first-order valence-corrected chi connectivity index (χ1v) is 11.4. The second kappa shape index (κ2) is 8.82. The van der Waals surface area contributed by atoms with E-state index in [1.807, 2.05) is 6.92 Å². The third-order valence-corrected chi connectivity index (χ3v) is 7.16. The van der Waals surface area contributed by atoms with Crippen molar-refractivity contribution in [2.45, 2.75) is 25.5 Å². The molecule has 0 spiro atoms. The van der Waals surface area contributed by atoms with E-state index in [-0.39, 0.29) is 24.1 Å². The van der Waals surface area contributed by atoms with Crippen LogP contribution in [0.2, 0.25) is 10.0 Å². The molecule has 2 aromatic rings. The van der Waals surface area contributed by atoms with E-state index >= 15 is 0 Å². The predicted molar refractivity (Wildman–Crippen MR) is 113 cm³/mol. The number of rotatable bonds is 5. The molecule has 1 atom stereocenters. The molecular formula is C20H22Cl2N2O3S. The van der Waals surface area contributed by atoms with E-state index < -0.39 is 10.0 Å². The predicted octanol–water partition coefficient (Wildman–Crippen LogP) is 4.48. The number of halogens is 2. The summed E-state index contributed by atoms with van der Waals surface area (Å²) in [6, 6.07) is 12.0. The van der Waals surface area contributed by atoms with E-state index in [0.717, 1.165) is 5.56 Å². The quantitative estimate of drug-likeness (QED) is 0.744. The zero-order valence-electron chi connectivity index (χ0n) is 15.5. The number of piperidine rings is 1. The summed E-state index contributed by atoms with van der Waals surface area (Å²) in [4.78, 5) is 12.7. The molecule has 1 fully saturated rings. The zero-order chi connectivity index (χ0) is 20.3. The van der Waals surface area contributed by atoms with Gasteiger partial charge in [0.1, 0.15) is 0 Å². The molecule has 1 N–H and O–H groups in total. The van der Waals surface area contributed by atoms with Gasteiger partial charge in [0.05, 0.1) is 11.7 Å². The minimum absolute atomic E-state index is 0.102. The van der Waals surface area contributed by atoms with E-state index in [1.165, 1.54) is 4.31 Å². The molecule has 1 heterocycles. The first-order valence-electron chi connectivity index (χ1n) is 9.04. The Balaban J connectivity index is 1.67. The molecule has 1 amide bonds. The minimum Gasteiger partial charge on any atom is -0.326 e. The number of carbonyl (C=O) groups excluding carboxylic acids is 1. The molecule has 0 aromatic heterocycles. The average molecular weight is 441 g/mol. The average Bonchev–Trinajstić information content (AvgIpc) is 2.66. The van der Waals surface area contributed by atoms with Crippen molar-refractivity contribution >= 4 is 44.8 Å². The second-order valence-electron chi connectivity index (χ2n) is 7.03. The molecule has 1 aliphatic rings. The van der Waals surface area contributed by atoms with Crippen LogP contribution >= 0.6 is 23.2 Å². The van der Waals surface area contributed by atoms with Gasteiger partial charge in [0, 0.05) is 28.8 Å². The van der Waals surface area contributed by atoms with E-state index in [9.17, 15) is 13.2 Å². The van der Waals surface area contributed by atoms with Crippen molar-refractivity contribution in [3.05, 3.63) is 63.6 Å². The van der Waals surface area contributed by atoms with Crippen molar-refractivity contribution in [2.75, 3.05) is 18.4 Å². The SMILES string of the molecule is Cc1cc(Cl)ccc1NC(=O)[C@H]1CCCN(S(=O)(=O)Cc2ccc(Cl)cc2)C1. The van der Waals surface area contributed by atoms with Crippen LogP contribution in [0.1, 0.15) is 24.0 Å². The third kappa shape index (κ3) is 5.26. The summed E-state index contributed by atoms with van der Waals surface area (Å²) in [5.74, 6) is -0.657. The van der Waals surface area contributed by atoms with Crippen molar-refractivity contribution in [1.29, 1.82) is 0 Å². The number of hydrogen-bond acceptors (Lipinski definition) is 3. The van der Waals surface area contributed by atoms with Gasteiger partial charge in [0.2, 0.25) is 15.9 Å². The Bertz CT molecular complexity index is 962. The lowest BCUT2D eigenvalue weighted by Crippen LogP contribution is -2.44. The Kier molecular flexibility index (Phi) is 6.65. The first-order chi connectivity index (χ1) is 13.2. The van der Waals surface area contributed by atoms with Crippen LogP contribution in [0, 0.1) is 12.8 Å². The van der Waals surface area contributed by atoms with Gasteiger partial charge in [-0.3, -0.25) is 4.79 Å². The van der Waals surface area contributed by atoms with E-state index in [2.05, 4.69) is 5.32 Å². The molecule has 3 rings (SSSR count). The van der Waals surface area contributed by atoms with E-state index in [0.29, 0.717) is 40.7 Å². The topological polar surface area (TPSA) is 66.5 Å². The van der Waals surface area contributed by atoms with Gasteiger partial charge < -0.3 is 5.32 Å². The Morgan fingerprint density at radius 3 is 2.50 bits per heavy atom. The summed E-state index contributed by atoms with van der Waals surface area (Å²) in [5, 5.41) is 4.07. The van der Waals surface area contributed by atoms with Crippen LogP contribution in [0.4, 0.5) is 5.69 Å². The Labute approximate surface area is 175 Å². The summed E-state index contributed by atoms with van der Waals surface area (Å²) in [6.07, 6.45) is 1.31. The van der Waals surface area contributed by atoms with Gasteiger partial charge in [-0.1, -0.05) is 35.3 Å². The van der Waals surface area contributed by atoms with Crippen molar-refractivity contribution in [1.82, 2.24) is 4.31 Å². The van der Waals surface area contributed by atoms with Crippen LogP contribution in [0.3, 0.4) is 0 Å². The van der Waals surface area contributed by atoms with Crippen molar-refractivity contribution in [3.63, 3.8) is 0 Å². The van der Waals surface area contributed by atoms with E-state index in [1.54, 1.807) is 42.5 Å². The fourth-order valence-corrected chi connectivity index (χ4v) is 5.26. The van der Waals surface area contributed by atoms with Crippen LogP contribution in [0.15, 0.2) is 42.5 Å². The molecule has 0 radical (unpaired) electrons. The molecule has 0 unspecified atom stereocenters. The lowest BCUT2D eigenvalue weighted by molar-refractivity contribution is -0.120. The van der Waals surface area contributed by atoms with Gasteiger partial charge >= 0.3 is 0 Å². The first kappa shape index (κ1) is 21.1. The molecule has 8 heteroatoms. The maximum Gasteiger partial charge on any atom is 0.228 e. The number of benzene rings is 2. The normalized spacial score (nSPS) is 18.0. The number of anilines is 1. The van der Waals surface area contributed by atoms with Crippen LogP contribution in [0.5, 0.6) is 0 Å². The van der Waals surface area contributed by atoms with Crippen molar-refractivity contribution in [3.8, 4) is 0 Å². The highest BCUT2D eigenvalue weighted by Gasteiger charge is 2.32. The number of hydrogen-bond donors (Lipinski definition) is 1. The fourth-order valence-electron chi connectivity index (χ4n) is 3.29. The molecule has 5 nitrogen and oxygen atoms in total. The highest BCUT2D eigenvalue weighted by Crippen LogP contribution is 2.25. The lowest BCUT2D eigenvalue weighted by Gasteiger charge is -2.31. The molecule has 2 aromatic carbocycles. The zero-order valence-corrected chi connectivity index (χ0v) is 17.8. The van der Waals surface area contributed by atoms with E-state index in [4.69, 9.17) is 23.2 Å². The maximum atomic E-state index is 12.8. The Morgan fingerprint density at radius 2 is 1.82 bits per heavy atom. The molecule has 150 valence electrons. The van der Waals surface area contributed by atoms with Crippen molar-refractivity contribution < 1.29 is 13.2 Å². The third-order valence-electron chi connectivity index (χ3n) is 4.86. The molecule has 28 heavy (non-hydrogen) atoms. The molecule has 0 bridgehead atoms. The van der Waals surface area contributed by atoms with Gasteiger partial charge in [-0.05, 0) is 61.2 Å². The van der Waals surface area contributed by atoms with Gasteiger partial charge in [0.15, 0.2) is 0 Å². The summed E-state index contributed by atoms with van der Waals surface area (Å²) in [7, 11) is -3.51. The smallest absolute Gasteiger partial charge is 0.228 e. The summed E-state index contributed by atoms with van der Waals surface area (Å²) in [5.41, 5.74) is 2.23. The number of nitrogens with one attached hydrogen (secondary N) is 1. The summed E-state index contributed by atoms with van der Waals surface area (Å²) in [6.45, 7) is 2.49. The van der Waals surface area contributed by atoms with Gasteiger partial charge in [-0.25, -0.2) is 12.7 Å². The summed E-state index contributed by atoms with van der Waals surface area (Å²) < 4.78 is 27.0. The van der Waals surface area contributed by atoms with Gasteiger partial charge in [-0.2, -0.15) is 0 Å². The van der Waals surface area contributed by atoms with Crippen LogP contribution in [-0.4, -0.2) is 31.7 Å². The summed E-state index contributed by atoms with van der Waals surface area (Å²) >= 11 is 11.8. The van der Waals surface area contributed by atoms with Gasteiger partial charge in [0.25, 0.3) is 0 Å². The molecule has 0 aliphatic carbocycles. The molecule has 0 saturated carbocycles. The van der Waals surface area contributed by atoms with Crippen LogP contribution in [0.25, 0.3) is 0 Å². The second-order valence-corrected chi connectivity index (χ2v) is 9.87. The molecule has 1 aliphatic heterocycles. The highest BCUT2D eigenvalue weighted by atomic mass is 35.5. The number of nitrogens with zero attached hydrogens (tertiary/aromatic N) is 1. The lowest BCUT2D eigenvalue weighted by atomic mass is 9.98. The highest BCUT2D eigenvalue weighted by molar-refractivity contribution is 7.88. The van der Waals surface area contributed by atoms with Crippen molar-refractivity contribution in [2.24, 2.45) is 5.92 Å². The Hall–Kier alpha value is -1.60. The fraction of sp³-hybridized carbons (Fsp3) is 0.350. The Morgan fingerprint density at radius 1 is 1.14 bits per heavy atom. The number of sulfonamides is 1. The monoisotopic (exact) mass is 440 g/mol. The number of carbonyl (C=O) groups is 1. The molecule has 1 saturated heterocycles.